The number of benzene rings is 3. The number of hydrogen-bond donors (Lipinski definition) is 2. The normalized spacial score (nSPS) is 17.7. The average Bonchev–Trinajstić information content (AvgIpc) is 2.99. The third-order valence-corrected chi connectivity index (χ3v) is 9.24. The van der Waals surface area contributed by atoms with Crippen molar-refractivity contribution < 1.29 is 18.0 Å². The van der Waals surface area contributed by atoms with Crippen LogP contribution in [-0.2, 0) is 21.4 Å². The van der Waals surface area contributed by atoms with Gasteiger partial charge in [0.15, 0.2) is 0 Å². The summed E-state index contributed by atoms with van der Waals surface area (Å²) in [6.45, 7) is 2.78. The summed E-state index contributed by atoms with van der Waals surface area (Å²) in [5.41, 5.74) is 3.60. The number of hydrogen-bond acceptors (Lipinski definition) is 5. The van der Waals surface area contributed by atoms with E-state index in [9.17, 15) is 22.8 Å². The molecule has 1 saturated heterocycles. The molecular formula is C32H30N4O5S. The molecule has 1 aromatic heterocycles. The van der Waals surface area contributed by atoms with Crippen molar-refractivity contribution in [1.82, 2.24) is 9.47 Å². The maximum atomic E-state index is 13.4. The highest BCUT2D eigenvalue weighted by atomic mass is 32.2. The molecule has 1 fully saturated rings. The highest BCUT2D eigenvalue weighted by molar-refractivity contribution is 7.92. The average molecular weight is 583 g/mol. The zero-order valence-corrected chi connectivity index (χ0v) is 23.8. The van der Waals surface area contributed by atoms with Crippen LogP contribution in [0.25, 0.3) is 11.1 Å². The Kier molecular flexibility index (Phi) is 7.16. The molecule has 0 spiro atoms. The highest BCUT2D eigenvalue weighted by Gasteiger charge is 2.37. The van der Waals surface area contributed by atoms with E-state index in [2.05, 4.69) is 10.0 Å². The summed E-state index contributed by atoms with van der Waals surface area (Å²) in [5, 5.41) is 2.59. The van der Waals surface area contributed by atoms with Crippen molar-refractivity contribution in [2.45, 2.75) is 30.7 Å². The second-order valence-electron chi connectivity index (χ2n) is 10.9. The summed E-state index contributed by atoms with van der Waals surface area (Å²) < 4.78 is 30.1. The molecule has 2 bridgehead atoms. The molecular weight excluding hydrogens is 552 g/mol. The van der Waals surface area contributed by atoms with Gasteiger partial charge >= 0.3 is 0 Å². The van der Waals surface area contributed by atoms with Crippen molar-refractivity contribution in [2.75, 3.05) is 23.1 Å². The number of likely N-dealkylation sites (tertiary alicyclic amines) is 1. The summed E-state index contributed by atoms with van der Waals surface area (Å²) in [6.07, 6.45) is 0.863. The van der Waals surface area contributed by atoms with Crippen LogP contribution in [0.1, 0.15) is 35.3 Å². The Balaban J connectivity index is 1.18. The minimum Gasteiger partial charge on any atom is -0.338 e. The smallest absolute Gasteiger partial charge is 0.275 e. The number of rotatable bonds is 6. The Labute approximate surface area is 243 Å². The molecule has 0 aliphatic carbocycles. The number of aromatic nitrogens is 1. The van der Waals surface area contributed by atoms with Gasteiger partial charge in [0.1, 0.15) is 5.69 Å². The molecule has 2 unspecified atom stereocenters. The first-order valence-electron chi connectivity index (χ1n) is 13.8. The number of nitrogens with zero attached hydrogens (tertiary/aromatic N) is 2. The van der Waals surface area contributed by atoms with Crippen molar-refractivity contribution in [3.05, 3.63) is 113 Å². The first-order chi connectivity index (χ1) is 20.2. The van der Waals surface area contributed by atoms with Gasteiger partial charge in [-0.05, 0) is 72.0 Å². The number of sulfonamides is 1. The monoisotopic (exact) mass is 582 g/mol. The van der Waals surface area contributed by atoms with E-state index < -0.39 is 15.6 Å². The van der Waals surface area contributed by atoms with Gasteiger partial charge in [-0.1, -0.05) is 42.5 Å². The molecule has 3 aromatic carbocycles. The molecule has 0 radical (unpaired) electrons. The molecule has 2 aliphatic rings. The van der Waals surface area contributed by atoms with E-state index in [0.717, 1.165) is 23.2 Å². The number of carbonyl (C=O) groups is 2. The molecule has 2 N–H and O–H groups in total. The van der Waals surface area contributed by atoms with Crippen molar-refractivity contribution >= 4 is 33.2 Å². The Bertz CT molecular complexity index is 1820. The number of pyridine rings is 1. The lowest BCUT2D eigenvalue weighted by Gasteiger charge is -2.43. The first kappa shape index (κ1) is 27.5. The van der Waals surface area contributed by atoms with Gasteiger partial charge in [0.05, 0.1) is 4.90 Å². The number of fused-ring (bicyclic) bond motifs is 4. The fourth-order valence-corrected chi connectivity index (χ4v) is 6.99. The fraction of sp³-hybridized carbons (Fsp3) is 0.219. The summed E-state index contributed by atoms with van der Waals surface area (Å²) in [6, 6.07) is 26.6. The molecule has 0 saturated carbocycles. The Morgan fingerprint density at radius 2 is 1.50 bits per heavy atom. The quantitative estimate of drug-likeness (QED) is 0.346. The minimum atomic E-state index is -4.03. The van der Waals surface area contributed by atoms with Crippen LogP contribution in [0, 0.1) is 5.92 Å². The largest absolute Gasteiger partial charge is 0.338 e. The summed E-state index contributed by atoms with van der Waals surface area (Å²) in [5.74, 6) is -0.242. The van der Waals surface area contributed by atoms with Crippen LogP contribution in [0.2, 0.25) is 0 Å². The molecule has 214 valence electrons. The number of nitrogens with one attached hydrogen (secondary N) is 2. The highest BCUT2D eigenvalue weighted by Crippen LogP contribution is 2.36. The Morgan fingerprint density at radius 3 is 2.19 bits per heavy atom. The molecule has 10 heteroatoms. The van der Waals surface area contributed by atoms with E-state index in [1.807, 2.05) is 59.5 Å². The zero-order chi connectivity index (χ0) is 29.4. The predicted octanol–water partition coefficient (Wildman–Crippen LogP) is 4.53. The van der Waals surface area contributed by atoms with Gasteiger partial charge in [-0.15, -0.1) is 0 Å². The maximum absolute atomic E-state index is 13.4. The van der Waals surface area contributed by atoms with Gasteiger partial charge in [-0.2, -0.15) is 0 Å². The lowest BCUT2D eigenvalue weighted by Crippen LogP contribution is -2.49. The SMILES string of the molecule is CC(=O)Nc1ccc(S(=O)(=O)Nc2ccc3n(c2=O)CC2CC3CN(C(=O)c3ccc(-c4ccccc4)cc3)C2)cc1. The van der Waals surface area contributed by atoms with Gasteiger partial charge in [0, 0.05) is 49.4 Å². The van der Waals surface area contributed by atoms with Crippen LogP contribution in [0.4, 0.5) is 11.4 Å². The second kappa shape index (κ2) is 10.9. The van der Waals surface area contributed by atoms with E-state index >= 15 is 0 Å². The number of piperidine rings is 1. The van der Waals surface area contributed by atoms with Crippen molar-refractivity contribution in [3.63, 3.8) is 0 Å². The third kappa shape index (κ3) is 5.45. The molecule has 4 aromatic rings. The van der Waals surface area contributed by atoms with E-state index in [0.29, 0.717) is 30.9 Å². The molecule has 2 aliphatic heterocycles. The Hall–Kier alpha value is -4.70. The fourth-order valence-electron chi connectivity index (χ4n) is 5.93. The van der Waals surface area contributed by atoms with Crippen molar-refractivity contribution in [1.29, 1.82) is 0 Å². The predicted molar refractivity (Wildman–Crippen MR) is 161 cm³/mol. The van der Waals surface area contributed by atoms with E-state index in [4.69, 9.17) is 0 Å². The third-order valence-electron chi connectivity index (χ3n) is 7.86. The maximum Gasteiger partial charge on any atom is 0.275 e. The van der Waals surface area contributed by atoms with Crippen molar-refractivity contribution in [2.24, 2.45) is 5.92 Å². The number of anilines is 2. The van der Waals surface area contributed by atoms with Crippen LogP contribution in [-0.4, -0.2) is 42.8 Å². The summed E-state index contributed by atoms with van der Waals surface area (Å²) >= 11 is 0. The topological polar surface area (TPSA) is 118 Å². The van der Waals surface area contributed by atoms with Gasteiger partial charge in [0.2, 0.25) is 5.91 Å². The van der Waals surface area contributed by atoms with E-state index in [1.54, 1.807) is 10.6 Å². The molecule has 9 nitrogen and oxygen atoms in total. The Morgan fingerprint density at radius 1 is 0.810 bits per heavy atom. The van der Waals surface area contributed by atoms with Crippen LogP contribution in [0.5, 0.6) is 0 Å². The number of amides is 2. The number of carbonyl (C=O) groups excluding carboxylic acids is 2. The van der Waals surface area contributed by atoms with Crippen LogP contribution >= 0.6 is 0 Å². The van der Waals surface area contributed by atoms with Crippen LogP contribution in [0.3, 0.4) is 0 Å². The zero-order valence-electron chi connectivity index (χ0n) is 23.0. The van der Waals surface area contributed by atoms with Gasteiger partial charge < -0.3 is 14.8 Å². The van der Waals surface area contributed by atoms with Crippen LogP contribution < -0.4 is 15.6 Å². The van der Waals surface area contributed by atoms with Crippen molar-refractivity contribution in [3.8, 4) is 11.1 Å². The first-order valence-corrected chi connectivity index (χ1v) is 15.3. The van der Waals surface area contributed by atoms with Gasteiger partial charge in [-0.3, -0.25) is 19.1 Å². The molecule has 6 rings (SSSR count). The van der Waals surface area contributed by atoms with Gasteiger partial charge in [0.25, 0.3) is 21.5 Å². The minimum absolute atomic E-state index is 0.0234. The molecule has 2 amide bonds. The standard InChI is InChI=1S/C32H30N4O5S/c1-21(37)33-27-11-13-28(14-12-27)42(40,41)34-29-15-16-30-26-17-22(19-36(30)32(29)39)18-35(20-26)31(38)25-9-7-24(8-10-25)23-5-3-2-4-6-23/h2-16,22,26,34H,17-20H2,1H3,(H,33,37). The molecule has 3 heterocycles. The van der Waals surface area contributed by atoms with E-state index in [-0.39, 0.29) is 34.2 Å². The lowest BCUT2D eigenvalue weighted by atomic mass is 9.83. The van der Waals surface area contributed by atoms with Gasteiger partial charge in [-0.25, -0.2) is 8.42 Å². The lowest BCUT2D eigenvalue weighted by molar-refractivity contribution is -0.114. The summed E-state index contributed by atoms with van der Waals surface area (Å²) in [7, 11) is -4.03. The molecule has 2 atom stereocenters. The van der Waals surface area contributed by atoms with Crippen LogP contribution in [0.15, 0.2) is 101 Å². The molecule has 42 heavy (non-hydrogen) atoms. The summed E-state index contributed by atoms with van der Waals surface area (Å²) in [4.78, 5) is 39.9. The second-order valence-corrected chi connectivity index (χ2v) is 12.5. The van der Waals surface area contributed by atoms with E-state index in [1.165, 1.54) is 37.3 Å².